The molecule has 1 heterocycles. The average molecular weight is 217 g/mol. The van der Waals surface area contributed by atoms with E-state index in [9.17, 15) is 0 Å². The first kappa shape index (κ1) is 9.86. The van der Waals surface area contributed by atoms with E-state index in [1.165, 1.54) is 0 Å². The number of anilines is 1. The van der Waals surface area contributed by atoms with Crippen molar-refractivity contribution < 1.29 is 0 Å². The Hall–Kier alpha value is -1.68. The van der Waals surface area contributed by atoms with Crippen LogP contribution in [0.3, 0.4) is 0 Å². The average Bonchev–Trinajstić information content (AvgIpc) is 2.29. The third kappa shape index (κ3) is 2.05. The summed E-state index contributed by atoms with van der Waals surface area (Å²) in [6.07, 6.45) is 3.61. The zero-order valence-electron chi connectivity index (χ0n) is 8.32. The van der Waals surface area contributed by atoms with Gasteiger partial charge in [0.05, 0.1) is 0 Å². The van der Waals surface area contributed by atoms with Gasteiger partial charge in [0.1, 0.15) is 0 Å². The fourth-order valence-corrected chi connectivity index (χ4v) is 1.52. The summed E-state index contributed by atoms with van der Waals surface area (Å²) in [5, 5.41) is 8.81. The molecule has 0 amide bonds. The molecule has 1 aromatic carbocycles. The molecule has 0 spiro atoms. The van der Waals surface area contributed by atoms with Crippen molar-refractivity contribution in [3.8, 4) is 0 Å². The first-order chi connectivity index (χ1) is 7.31. The lowest BCUT2D eigenvalue weighted by atomic mass is 10.1. The molecule has 0 atom stereocenters. The molecule has 0 aliphatic carbocycles. The van der Waals surface area contributed by atoms with Crippen molar-refractivity contribution >= 4 is 33.8 Å². The fraction of sp³-hybridized carbons (Fsp3) is 0.0909. The number of pyridine rings is 1. The highest BCUT2D eigenvalue weighted by Gasteiger charge is 2.00. The quantitative estimate of drug-likeness (QED) is 0.718. The second-order valence-corrected chi connectivity index (χ2v) is 3.51. The van der Waals surface area contributed by atoms with E-state index in [1.54, 1.807) is 13.2 Å². The monoisotopic (exact) mass is 217 g/mol. The highest BCUT2D eigenvalue weighted by molar-refractivity contribution is 7.80. The number of nitrogens with zero attached hydrogens (tertiary/aromatic N) is 1. The molecule has 0 saturated carbocycles. The van der Waals surface area contributed by atoms with Crippen LogP contribution in [0.15, 0.2) is 36.7 Å². The van der Waals surface area contributed by atoms with Crippen LogP contribution in [0, 0.1) is 0 Å². The van der Waals surface area contributed by atoms with Crippen LogP contribution in [0.5, 0.6) is 0 Å². The Morgan fingerprint density at radius 3 is 3.00 bits per heavy atom. The minimum atomic E-state index is 0.603. The third-order valence-electron chi connectivity index (χ3n) is 2.16. The van der Waals surface area contributed by atoms with Gasteiger partial charge in [0.2, 0.25) is 0 Å². The van der Waals surface area contributed by atoms with Crippen molar-refractivity contribution in [2.75, 3.05) is 12.4 Å². The van der Waals surface area contributed by atoms with Crippen molar-refractivity contribution in [3.63, 3.8) is 0 Å². The van der Waals surface area contributed by atoms with Gasteiger partial charge < -0.3 is 10.6 Å². The smallest absolute Gasteiger partial charge is 0.170 e. The van der Waals surface area contributed by atoms with E-state index in [0.717, 1.165) is 16.5 Å². The van der Waals surface area contributed by atoms with Gasteiger partial charge in [-0.15, -0.1) is 0 Å². The maximum Gasteiger partial charge on any atom is 0.170 e. The van der Waals surface area contributed by atoms with E-state index in [0.29, 0.717) is 5.11 Å². The van der Waals surface area contributed by atoms with Crippen molar-refractivity contribution in [2.45, 2.75) is 0 Å². The van der Waals surface area contributed by atoms with E-state index in [2.05, 4.69) is 15.6 Å². The molecule has 0 saturated heterocycles. The molecule has 0 fully saturated rings. The maximum absolute atomic E-state index is 5.06. The van der Waals surface area contributed by atoms with Gasteiger partial charge in [0, 0.05) is 30.5 Å². The standard InChI is InChI=1S/C11H11N3S/c1-12-11(15)14-10-4-2-3-8-5-6-13-7-9(8)10/h2-7H,1H3,(H2,12,14,15). The number of aromatic nitrogens is 1. The summed E-state index contributed by atoms with van der Waals surface area (Å²) >= 11 is 5.06. The molecular weight excluding hydrogens is 206 g/mol. The Morgan fingerprint density at radius 2 is 2.20 bits per heavy atom. The number of thiocarbonyl (C=S) groups is 1. The van der Waals surface area contributed by atoms with Crippen LogP contribution in [-0.2, 0) is 0 Å². The predicted octanol–water partition coefficient (Wildman–Crippen LogP) is 2.15. The molecule has 2 rings (SSSR count). The normalized spacial score (nSPS) is 9.93. The molecule has 0 radical (unpaired) electrons. The molecule has 4 heteroatoms. The predicted molar refractivity (Wildman–Crippen MR) is 67.0 cm³/mol. The van der Waals surface area contributed by atoms with Gasteiger partial charge in [-0.3, -0.25) is 4.98 Å². The van der Waals surface area contributed by atoms with Crippen LogP contribution in [-0.4, -0.2) is 17.1 Å². The van der Waals surface area contributed by atoms with E-state index in [4.69, 9.17) is 12.2 Å². The second-order valence-electron chi connectivity index (χ2n) is 3.11. The SMILES string of the molecule is CNC(=S)Nc1cccc2ccncc12. The summed E-state index contributed by atoms with van der Waals surface area (Å²) in [5.74, 6) is 0. The number of hydrogen-bond acceptors (Lipinski definition) is 2. The van der Waals surface area contributed by atoms with Crippen LogP contribution in [0.4, 0.5) is 5.69 Å². The van der Waals surface area contributed by atoms with Crippen LogP contribution in [0.2, 0.25) is 0 Å². The van der Waals surface area contributed by atoms with Gasteiger partial charge in [0.15, 0.2) is 5.11 Å². The lowest BCUT2D eigenvalue weighted by Gasteiger charge is -2.09. The van der Waals surface area contributed by atoms with Crippen molar-refractivity contribution in [1.29, 1.82) is 0 Å². The summed E-state index contributed by atoms with van der Waals surface area (Å²) < 4.78 is 0. The van der Waals surface area contributed by atoms with Gasteiger partial charge in [-0.25, -0.2) is 0 Å². The van der Waals surface area contributed by atoms with Gasteiger partial charge >= 0.3 is 0 Å². The van der Waals surface area contributed by atoms with Gasteiger partial charge in [-0.2, -0.15) is 0 Å². The summed E-state index contributed by atoms with van der Waals surface area (Å²) in [6, 6.07) is 7.99. The molecule has 0 unspecified atom stereocenters. The second kappa shape index (κ2) is 4.23. The number of fused-ring (bicyclic) bond motifs is 1. The zero-order valence-corrected chi connectivity index (χ0v) is 9.14. The fourth-order valence-electron chi connectivity index (χ4n) is 1.41. The van der Waals surface area contributed by atoms with Crippen LogP contribution in [0.1, 0.15) is 0 Å². The Labute approximate surface area is 93.5 Å². The minimum absolute atomic E-state index is 0.603. The number of hydrogen-bond donors (Lipinski definition) is 2. The lowest BCUT2D eigenvalue weighted by Crippen LogP contribution is -2.24. The van der Waals surface area contributed by atoms with Gasteiger partial charge in [-0.05, 0) is 29.7 Å². The molecule has 76 valence electrons. The van der Waals surface area contributed by atoms with Crippen LogP contribution < -0.4 is 10.6 Å². The molecule has 0 bridgehead atoms. The summed E-state index contributed by atoms with van der Waals surface area (Å²) in [4.78, 5) is 4.10. The number of benzene rings is 1. The largest absolute Gasteiger partial charge is 0.366 e. The van der Waals surface area contributed by atoms with Gasteiger partial charge in [-0.1, -0.05) is 12.1 Å². The molecule has 15 heavy (non-hydrogen) atoms. The van der Waals surface area contributed by atoms with E-state index in [-0.39, 0.29) is 0 Å². The Balaban J connectivity index is 2.46. The molecule has 0 aliphatic rings. The first-order valence-electron chi connectivity index (χ1n) is 4.63. The highest BCUT2D eigenvalue weighted by atomic mass is 32.1. The maximum atomic E-state index is 5.06. The summed E-state index contributed by atoms with van der Waals surface area (Å²) in [5.41, 5.74) is 0.972. The number of rotatable bonds is 1. The van der Waals surface area contributed by atoms with E-state index < -0.39 is 0 Å². The molecule has 2 aromatic rings. The summed E-state index contributed by atoms with van der Waals surface area (Å²) in [7, 11) is 1.79. The van der Waals surface area contributed by atoms with Crippen LogP contribution in [0.25, 0.3) is 10.8 Å². The number of nitrogens with one attached hydrogen (secondary N) is 2. The van der Waals surface area contributed by atoms with Crippen molar-refractivity contribution in [3.05, 3.63) is 36.7 Å². The lowest BCUT2D eigenvalue weighted by molar-refractivity contribution is 1.20. The van der Waals surface area contributed by atoms with E-state index >= 15 is 0 Å². The van der Waals surface area contributed by atoms with E-state index in [1.807, 2.05) is 30.5 Å². The Morgan fingerprint density at radius 1 is 1.33 bits per heavy atom. The summed E-state index contributed by atoms with van der Waals surface area (Å²) in [6.45, 7) is 0. The first-order valence-corrected chi connectivity index (χ1v) is 5.03. The topological polar surface area (TPSA) is 37.0 Å². The zero-order chi connectivity index (χ0) is 10.7. The molecule has 1 aromatic heterocycles. The minimum Gasteiger partial charge on any atom is -0.366 e. The molecule has 0 aliphatic heterocycles. The van der Waals surface area contributed by atoms with Crippen molar-refractivity contribution in [1.82, 2.24) is 10.3 Å². The van der Waals surface area contributed by atoms with Crippen LogP contribution >= 0.6 is 12.2 Å². The Kier molecular flexibility index (Phi) is 2.78. The molecule has 2 N–H and O–H groups in total. The highest BCUT2D eigenvalue weighted by Crippen LogP contribution is 2.21. The molecular formula is C11H11N3S. The van der Waals surface area contributed by atoms with Gasteiger partial charge in [0.25, 0.3) is 0 Å². The molecule has 3 nitrogen and oxygen atoms in total. The Bertz CT molecular complexity index is 491. The van der Waals surface area contributed by atoms with Crippen molar-refractivity contribution in [2.24, 2.45) is 0 Å². The third-order valence-corrected chi connectivity index (χ3v) is 2.47.